The topological polar surface area (TPSA) is 80.1 Å². The number of amides is 2. The first-order valence-electron chi connectivity index (χ1n) is 9.17. The van der Waals surface area contributed by atoms with Gasteiger partial charge in [-0.25, -0.2) is 4.68 Å². The molecule has 1 saturated carbocycles. The van der Waals surface area contributed by atoms with Crippen molar-refractivity contribution in [2.24, 2.45) is 0 Å². The number of rotatable bonds is 6. The van der Waals surface area contributed by atoms with Crippen molar-refractivity contribution in [3.05, 3.63) is 34.3 Å². The SMILES string of the molecule is CCN(CC)C(=O)c1cn(C2CCC(NC(=O)c3cccs3)CC2)nn1. The Morgan fingerprint density at radius 2 is 2.00 bits per heavy atom. The Bertz CT molecular complexity index is 731. The van der Waals surface area contributed by atoms with Gasteiger partial charge in [0, 0.05) is 19.1 Å². The fourth-order valence-corrected chi connectivity index (χ4v) is 4.00. The van der Waals surface area contributed by atoms with Gasteiger partial charge in [-0.2, -0.15) is 0 Å². The maximum Gasteiger partial charge on any atom is 0.276 e. The van der Waals surface area contributed by atoms with Crippen LogP contribution in [-0.2, 0) is 0 Å². The molecule has 0 bridgehead atoms. The molecule has 2 aromatic heterocycles. The fraction of sp³-hybridized carbons (Fsp3) is 0.556. The van der Waals surface area contributed by atoms with E-state index < -0.39 is 0 Å². The minimum absolute atomic E-state index is 0.0105. The maximum absolute atomic E-state index is 12.4. The largest absolute Gasteiger partial charge is 0.349 e. The van der Waals surface area contributed by atoms with Crippen LogP contribution in [0.1, 0.15) is 65.7 Å². The van der Waals surface area contributed by atoms with Gasteiger partial charge in [0.2, 0.25) is 0 Å². The molecule has 1 aliphatic carbocycles. The monoisotopic (exact) mass is 375 g/mol. The minimum Gasteiger partial charge on any atom is -0.349 e. The maximum atomic E-state index is 12.4. The van der Waals surface area contributed by atoms with E-state index in [0.29, 0.717) is 18.8 Å². The van der Waals surface area contributed by atoms with Crippen LogP contribution in [0.15, 0.2) is 23.7 Å². The lowest BCUT2D eigenvalue weighted by Gasteiger charge is -2.28. The third-order valence-electron chi connectivity index (χ3n) is 4.93. The predicted molar refractivity (Wildman–Crippen MR) is 100 cm³/mol. The van der Waals surface area contributed by atoms with Gasteiger partial charge in [-0.3, -0.25) is 9.59 Å². The Labute approximate surface area is 157 Å². The van der Waals surface area contributed by atoms with Gasteiger partial charge < -0.3 is 10.2 Å². The lowest BCUT2D eigenvalue weighted by molar-refractivity contribution is 0.0766. The van der Waals surface area contributed by atoms with Crippen molar-refractivity contribution < 1.29 is 9.59 Å². The molecule has 0 aromatic carbocycles. The standard InChI is InChI=1S/C18H25N5O2S/c1-3-22(4-2)18(25)15-12-23(21-20-15)14-9-7-13(8-10-14)19-17(24)16-6-5-11-26-16/h5-6,11-14H,3-4,7-10H2,1-2H3,(H,19,24). The number of carbonyl (C=O) groups excluding carboxylic acids is 2. The summed E-state index contributed by atoms with van der Waals surface area (Å²) in [6, 6.07) is 4.16. The second-order valence-corrected chi connectivity index (χ2v) is 7.47. The van der Waals surface area contributed by atoms with Gasteiger partial charge in [0.15, 0.2) is 5.69 Å². The number of hydrogen-bond donors (Lipinski definition) is 1. The molecule has 3 rings (SSSR count). The predicted octanol–water partition coefficient (Wildman–Crippen LogP) is 2.74. The van der Waals surface area contributed by atoms with Crippen LogP contribution >= 0.6 is 11.3 Å². The van der Waals surface area contributed by atoms with Crippen LogP contribution in [0.2, 0.25) is 0 Å². The van der Waals surface area contributed by atoms with Crippen LogP contribution in [0.3, 0.4) is 0 Å². The summed E-state index contributed by atoms with van der Waals surface area (Å²) in [5.41, 5.74) is 0.404. The second-order valence-electron chi connectivity index (χ2n) is 6.52. The van der Waals surface area contributed by atoms with Crippen LogP contribution in [0, 0.1) is 0 Å². The Balaban J connectivity index is 1.54. The molecule has 8 heteroatoms. The van der Waals surface area contributed by atoms with Crippen molar-refractivity contribution >= 4 is 23.2 Å². The van der Waals surface area contributed by atoms with Gasteiger partial charge in [0.1, 0.15) is 0 Å². The van der Waals surface area contributed by atoms with Crippen LogP contribution in [0.4, 0.5) is 0 Å². The van der Waals surface area contributed by atoms with E-state index in [4.69, 9.17) is 0 Å². The number of nitrogens with zero attached hydrogens (tertiary/aromatic N) is 4. The van der Waals surface area contributed by atoms with E-state index in [2.05, 4.69) is 15.6 Å². The van der Waals surface area contributed by atoms with E-state index in [1.807, 2.05) is 36.0 Å². The molecule has 7 nitrogen and oxygen atoms in total. The highest BCUT2D eigenvalue weighted by Gasteiger charge is 2.26. The van der Waals surface area contributed by atoms with E-state index >= 15 is 0 Å². The first-order chi connectivity index (χ1) is 12.6. The average molecular weight is 375 g/mol. The number of aromatic nitrogens is 3. The molecule has 0 saturated heterocycles. The zero-order chi connectivity index (χ0) is 18.5. The van der Waals surface area contributed by atoms with Gasteiger partial charge in [-0.05, 0) is 51.0 Å². The fourth-order valence-electron chi connectivity index (χ4n) is 3.37. The molecular weight excluding hydrogens is 350 g/mol. The first-order valence-corrected chi connectivity index (χ1v) is 10.1. The molecule has 2 heterocycles. The number of hydrogen-bond acceptors (Lipinski definition) is 5. The summed E-state index contributed by atoms with van der Waals surface area (Å²) < 4.78 is 1.81. The highest BCUT2D eigenvalue weighted by molar-refractivity contribution is 7.12. The average Bonchev–Trinajstić information content (AvgIpc) is 3.35. The molecule has 1 aliphatic rings. The summed E-state index contributed by atoms with van der Waals surface area (Å²) in [5.74, 6) is -0.0607. The van der Waals surface area contributed by atoms with Crippen LogP contribution < -0.4 is 5.32 Å². The lowest BCUT2D eigenvalue weighted by Crippen LogP contribution is -2.37. The van der Waals surface area contributed by atoms with E-state index in [9.17, 15) is 9.59 Å². The summed E-state index contributed by atoms with van der Waals surface area (Å²) in [7, 11) is 0. The summed E-state index contributed by atoms with van der Waals surface area (Å²) in [5, 5.41) is 13.3. The number of nitrogens with one attached hydrogen (secondary N) is 1. The Hall–Kier alpha value is -2.22. The zero-order valence-corrected chi connectivity index (χ0v) is 16.0. The van der Waals surface area contributed by atoms with Crippen LogP contribution in [0.25, 0.3) is 0 Å². The molecule has 0 radical (unpaired) electrons. The summed E-state index contributed by atoms with van der Waals surface area (Å²) in [4.78, 5) is 27.0. The van der Waals surface area contributed by atoms with Crippen LogP contribution in [-0.4, -0.2) is 50.8 Å². The quantitative estimate of drug-likeness (QED) is 0.842. The highest BCUT2D eigenvalue weighted by Crippen LogP contribution is 2.28. The van der Waals surface area contributed by atoms with Crippen molar-refractivity contribution in [3.63, 3.8) is 0 Å². The molecule has 1 fully saturated rings. The molecule has 0 aliphatic heterocycles. The number of carbonyl (C=O) groups is 2. The van der Waals surface area contributed by atoms with Gasteiger partial charge in [-0.1, -0.05) is 11.3 Å². The molecule has 140 valence electrons. The molecule has 2 amide bonds. The van der Waals surface area contributed by atoms with Crippen molar-refractivity contribution in [1.82, 2.24) is 25.2 Å². The Morgan fingerprint density at radius 3 is 2.62 bits per heavy atom. The molecule has 2 aromatic rings. The molecular formula is C18H25N5O2S. The molecule has 26 heavy (non-hydrogen) atoms. The van der Waals surface area contributed by atoms with Gasteiger partial charge >= 0.3 is 0 Å². The van der Waals surface area contributed by atoms with Crippen molar-refractivity contribution in [2.45, 2.75) is 51.6 Å². The number of thiophene rings is 1. The Morgan fingerprint density at radius 1 is 1.27 bits per heavy atom. The Kier molecular flexibility index (Phi) is 6.03. The summed E-state index contributed by atoms with van der Waals surface area (Å²) >= 11 is 1.46. The van der Waals surface area contributed by atoms with E-state index in [-0.39, 0.29) is 23.9 Å². The zero-order valence-electron chi connectivity index (χ0n) is 15.2. The molecule has 0 atom stereocenters. The van der Waals surface area contributed by atoms with Gasteiger partial charge in [0.05, 0.1) is 17.1 Å². The van der Waals surface area contributed by atoms with E-state index in [1.54, 1.807) is 11.1 Å². The van der Waals surface area contributed by atoms with Crippen molar-refractivity contribution in [2.75, 3.05) is 13.1 Å². The van der Waals surface area contributed by atoms with E-state index in [0.717, 1.165) is 30.6 Å². The normalized spacial score (nSPS) is 19.9. The van der Waals surface area contributed by atoms with Crippen molar-refractivity contribution in [3.8, 4) is 0 Å². The van der Waals surface area contributed by atoms with Crippen LogP contribution in [0.5, 0.6) is 0 Å². The minimum atomic E-state index is -0.0712. The molecule has 1 N–H and O–H groups in total. The lowest BCUT2D eigenvalue weighted by atomic mass is 9.91. The third-order valence-corrected chi connectivity index (χ3v) is 5.80. The van der Waals surface area contributed by atoms with Gasteiger partial charge in [0.25, 0.3) is 11.8 Å². The first kappa shape index (κ1) is 18.6. The summed E-state index contributed by atoms with van der Waals surface area (Å²) in [6.07, 6.45) is 5.40. The van der Waals surface area contributed by atoms with Gasteiger partial charge in [-0.15, -0.1) is 16.4 Å². The third kappa shape index (κ3) is 4.12. The van der Waals surface area contributed by atoms with Crippen molar-refractivity contribution in [1.29, 1.82) is 0 Å². The molecule has 0 unspecified atom stereocenters. The van der Waals surface area contributed by atoms with E-state index in [1.165, 1.54) is 11.3 Å². The smallest absolute Gasteiger partial charge is 0.276 e. The second kappa shape index (κ2) is 8.44. The highest BCUT2D eigenvalue weighted by atomic mass is 32.1. The molecule has 0 spiro atoms. The summed E-state index contributed by atoms with van der Waals surface area (Å²) in [6.45, 7) is 5.24.